The summed E-state index contributed by atoms with van der Waals surface area (Å²) in [5.41, 5.74) is 11.3. The van der Waals surface area contributed by atoms with Gasteiger partial charge in [-0.15, -0.1) is 0 Å². The van der Waals surface area contributed by atoms with E-state index in [1.807, 2.05) is 36.4 Å². The molecule has 0 spiro atoms. The predicted molar refractivity (Wildman–Crippen MR) is 188 cm³/mol. The standard InChI is InChI=1S/C42H30N4/c1-42(2)33-24-14-12-22-30(33)37-34(42)26-32(36-31-23-13-15-25-35(31)46(38(36)37)29-20-10-5-11-21-29)41-44-39(27-16-6-3-7-17-27)43-40(45-41)28-18-8-4-9-19-28/h3-26H,1-2H3. The van der Waals surface area contributed by atoms with E-state index in [1.165, 1.54) is 33.2 Å². The van der Waals surface area contributed by atoms with E-state index in [1.54, 1.807) is 0 Å². The first-order chi connectivity index (χ1) is 22.6. The van der Waals surface area contributed by atoms with Gasteiger partial charge in [0.1, 0.15) is 0 Å². The van der Waals surface area contributed by atoms with Crippen molar-refractivity contribution in [1.82, 2.24) is 19.5 Å². The molecule has 0 fully saturated rings. The Hall–Kier alpha value is -5.87. The third kappa shape index (κ3) is 3.90. The molecule has 0 bridgehead atoms. The number of hydrogen-bond donors (Lipinski definition) is 0. The summed E-state index contributed by atoms with van der Waals surface area (Å²) < 4.78 is 2.43. The second-order valence-electron chi connectivity index (χ2n) is 12.5. The Morgan fingerprint density at radius 3 is 1.72 bits per heavy atom. The fourth-order valence-corrected chi connectivity index (χ4v) is 7.27. The van der Waals surface area contributed by atoms with Gasteiger partial charge >= 0.3 is 0 Å². The van der Waals surface area contributed by atoms with Gasteiger partial charge in [-0.05, 0) is 41.0 Å². The summed E-state index contributed by atoms with van der Waals surface area (Å²) in [6.45, 7) is 4.67. The largest absolute Gasteiger partial charge is 0.309 e. The maximum atomic E-state index is 5.23. The zero-order valence-electron chi connectivity index (χ0n) is 25.6. The zero-order valence-corrected chi connectivity index (χ0v) is 25.6. The van der Waals surface area contributed by atoms with Crippen LogP contribution in [0.5, 0.6) is 0 Å². The number of rotatable bonds is 4. The highest BCUT2D eigenvalue weighted by Crippen LogP contribution is 2.55. The molecule has 8 aromatic rings. The van der Waals surface area contributed by atoms with Crippen molar-refractivity contribution < 1.29 is 0 Å². The first-order valence-corrected chi connectivity index (χ1v) is 15.7. The number of fused-ring (bicyclic) bond motifs is 7. The average molecular weight is 591 g/mol. The van der Waals surface area contributed by atoms with Crippen LogP contribution < -0.4 is 0 Å². The SMILES string of the molecule is CC1(C)c2ccccc2-c2c1cc(-c1nc(-c3ccccc3)nc(-c3ccccc3)n1)c1c3ccccc3n(-c3ccccc3)c21. The minimum atomic E-state index is -0.218. The van der Waals surface area contributed by atoms with Crippen molar-refractivity contribution in [2.24, 2.45) is 0 Å². The average Bonchev–Trinajstić information content (AvgIpc) is 3.58. The van der Waals surface area contributed by atoms with Gasteiger partial charge in [0, 0.05) is 44.1 Å². The molecule has 0 atom stereocenters. The summed E-state index contributed by atoms with van der Waals surface area (Å²) in [5.74, 6) is 1.99. The first kappa shape index (κ1) is 26.5. The number of benzene rings is 6. The molecular formula is C42H30N4. The van der Waals surface area contributed by atoms with Crippen LogP contribution in [0.15, 0.2) is 146 Å². The van der Waals surface area contributed by atoms with E-state index in [9.17, 15) is 0 Å². The van der Waals surface area contributed by atoms with E-state index < -0.39 is 0 Å². The van der Waals surface area contributed by atoms with E-state index in [4.69, 9.17) is 15.0 Å². The fourth-order valence-electron chi connectivity index (χ4n) is 7.27. The molecule has 0 N–H and O–H groups in total. The summed E-state index contributed by atoms with van der Waals surface area (Å²) in [6, 6.07) is 51.0. The molecule has 46 heavy (non-hydrogen) atoms. The number of aromatic nitrogens is 4. The summed E-state index contributed by atoms with van der Waals surface area (Å²) in [6.07, 6.45) is 0. The van der Waals surface area contributed by atoms with Crippen LogP contribution in [-0.2, 0) is 5.41 Å². The quantitative estimate of drug-likeness (QED) is 0.205. The summed E-state index contributed by atoms with van der Waals surface area (Å²) in [4.78, 5) is 15.5. The van der Waals surface area contributed by atoms with Crippen molar-refractivity contribution >= 4 is 21.8 Å². The lowest BCUT2D eigenvalue weighted by Gasteiger charge is -2.22. The second-order valence-corrected chi connectivity index (χ2v) is 12.5. The third-order valence-corrected chi connectivity index (χ3v) is 9.44. The molecule has 6 aromatic carbocycles. The normalized spacial score (nSPS) is 13.2. The highest BCUT2D eigenvalue weighted by Gasteiger charge is 2.39. The minimum absolute atomic E-state index is 0.218. The van der Waals surface area contributed by atoms with Crippen LogP contribution in [0.3, 0.4) is 0 Å². The molecule has 2 heterocycles. The molecule has 2 aromatic heterocycles. The van der Waals surface area contributed by atoms with Crippen molar-refractivity contribution in [3.63, 3.8) is 0 Å². The lowest BCUT2D eigenvalue weighted by Crippen LogP contribution is -2.15. The van der Waals surface area contributed by atoms with Crippen LogP contribution in [0.25, 0.3) is 72.8 Å². The maximum absolute atomic E-state index is 5.23. The Bertz CT molecular complexity index is 2370. The van der Waals surface area contributed by atoms with Crippen LogP contribution in [0, 0.1) is 0 Å². The second kappa shape index (κ2) is 10.1. The smallest absolute Gasteiger partial charge is 0.164 e. The van der Waals surface area contributed by atoms with Crippen LogP contribution in [0.2, 0.25) is 0 Å². The van der Waals surface area contributed by atoms with Gasteiger partial charge in [-0.2, -0.15) is 0 Å². The van der Waals surface area contributed by atoms with Gasteiger partial charge in [-0.1, -0.05) is 135 Å². The fraction of sp³-hybridized carbons (Fsp3) is 0.0714. The molecule has 1 aliphatic carbocycles. The number of nitrogens with zero attached hydrogens (tertiary/aromatic N) is 4. The van der Waals surface area contributed by atoms with Crippen molar-refractivity contribution in [3.05, 3.63) is 157 Å². The Kier molecular flexibility index (Phi) is 5.81. The molecular weight excluding hydrogens is 560 g/mol. The predicted octanol–water partition coefficient (Wildman–Crippen LogP) is 10.3. The molecule has 0 radical (unpaired) electrons. The highest BCUT2D eigenvalue weighted by molar-refractivity contribution is 6.20. The van der Waals surface area contributed by atoms with Crippen LogP contribution in [-0.4, -0.2) is 19.5 Å². The van der Waals surface area contributed by atoms with E-state index >= 15 is 0 Å². The van der Waals surface area contributed by atoms with E-state index in [0.717, 1.165) is 33.3 Å². The minimum Gasteiger partial charge on any atom is -0.309 e. The number of hydrogen-bond acceptors (Lipinski definition) is 3. The van der Waals surface area contributed by atoms with E-state index in [0.29, 0.717) is 17.5 Å². The molecule has 0 saturated heterocycles. The maximum Gasteiger partial charge on any atom is 0.164 e. The summed E-state index contributed by atoms with van der Waals surface area (Å²) in [7, 11) is 0. The van der Waals surface area contributed by atoms with Gasteiger partial charge in [0.05, 0.1) is 11.0 Å². The van der Waals surface area contributed by atoms with Crippen molar-refractivity contribution in [3.8, 4) is 51.0 Å². The molecule has 218 valence electrons. The Balaban J connectivity index is 1.47. The lowest BCUT2D eigenvalue weighted by atomic mass is 9.81. The van der Waals surface area contributed by atoms with Gasteiger partial charge < -0.3 is 4.57 Å². The lowest BCUT2D eigenvalue weighted by molar-refractivity contribution is 0.661. The summed E-state index contributed by atoms with van der Waals surface area (Å²) >= 11 is 0. The molecule has 0 amide bonds. The molecule has 1 aliphatic rings. The molecule has 0 unspecified atom stereocenters. The first-order valence-electron chi connectivity index (χ1n) is 15.7. The highest BCUT2D eigenvalue weighted by atomic mass is 15.0. The molecule has 0 saturated carbocycles. The summed E-state index contributed by atoms with van der Waals surface area (Å²) in [5, 5.41) is 2.32. The topological polar surface area (TPSA) is 43.6 Å². The molecule has 4 heteroatoms. The van der Waals surface area contributed by atoms with Gasteiger partial charge in [0.25, 0.3) is 0 Å². The van der Waals surface area contributed by atoms with E-state index in [-0.39, 0.29) is 5.41 Å². The van der Waals surface area contributed by atoms with Crippen molar-refractivity contribution in [2.75, 3.05) is 0 Å². The Labute approximate surface area is 267 Å². The van der Waals surface area contributed by atoms with Crippen molar-refractivity contribution in [1.29, 1.82) is 0 Å². The van der Waals surface area contributed by atoms with Crippen LogP contribution >= 0.6 is 0 Å². The third-order valence-electron chi connectivity index (χ3n) is 9.44. The van der Waals surface area contributed by atoms with Crippen LogP contribution in [0.4, 0.5) is 0 Å². The Morgan fingerprint density at radius 1 is 0.500 bits per heavy atom. The zero-order chi connectivity index (χ0) is 30.8. The van der Waals surface area contributed by atoms with Gasteiger partial charge in [-0.25, -0.2) is 15.0 Å². The Morgan fingerprint density at radius 2 is 1.04 bits per heavy atom. The molecule has 4 nitrogen and oxygen atoms in total. The van der Waals surface area contributed by atoms with Gasteiger partial charge in [-0.3, -0.25) is 0 Å². The monoisotopic (exact) mass is 590 g/mol. The van der Waals surface area contributed by atoms with Gasteiger partial charge in [0.15, 0.2) is 17.5 Å². The van der Waals surface area contributed by atoms with Crippen molar-refractivity contribution in [2.45, 2.75) is 19.3 Å². The van der Waals surface area contributed by atoms with Gasteiger partial charge in [0.2, 0.25) is 0 Å². The van der Waals surface area contributed by atoms with E-state index in [2.05, 4.69) is 128 Å². The molecule has 9 rings (SSSR count). The van der Waals surface area contributed by atoms with Crippen LogP contribution in [0.1, 0.15) is 25.0 Å². The molecule has 0 aliphatic heterocycles. The number of para-hydroxylation sites is 2.